The molecule has 0 radical (unpaired) electrons. The first-order valence-electron chi connectivity index (χ1n) is 6.71. The lowest BCUT2D eigenvalue weighted by Crippen LogP contribution is -2.54. The van der Waals surface area contributed by atoms with Crippen LogP contribution in [0.15, 0.2) is 16.7 Å². The van der Waals surface area contributed by atoms with Gasteiger partial charge in [0.1, 0.15) is 5.69 Å². The summed E-state index contributed by atoms with van der Waals surface area (Å²) in [6.07, 6.45) is 5.78. The summed E-state index contributed by atoms with van der Waals surface area (Å²) in [6, 6.07) is 1.80. The molecule has 2 N–H and O–H groups in total. The van der Waals surface area contributed by atoms with Crippen LogP contribution in [0.5, 0.6) is 0 Å². The number of nitrogens with zero attached hydrogens (tertiary/aromatic N) is 1. The maximum absolute atomic E-state index is 12.4. The number of amides is 1. The number of carbonyl (C=O) groups excluding carboxylic acids is 1. The number of nitrogens with one attached hydrogen (secondary N) is 1. The zero-order valence-corrected chi connectivity index (χ0v) is 13.0. The Labute approximate surface area is 122 Å². The lowest BCUT2D eigenvalue weighted by molar-refractivity contribution is 0.0690. The number of aliphatic hydroxyl groups excluding tert-OH is 1. The highest BCUT2D eigenvalue weighted by Crippen LogP contribution is 2.32. The summed E-state index contributed by atoms with van der Waals surface area (Å²) in [6.45, 7) is 2.18. The van der Waals surface area contributed by atoms with Crippen molar-refractivity contribution < 1.29 is 9.90 Å². The molecule has 2 rings (SSSR count). The van der Waals surface area contributed by atoms with E-state index in [4.69, 9.17) is 0 Å². The van der Waals surface area contributed by atoms with Gasteiger partial charge in [0.15, 0.2) is 0 Å². The highest BCUT2D eigenvalue weighted by atomic mass is 79.9. The first kappa shape index (κ1) is 14.6. The molecule has 1 fully saturated rings. The molecule has 106 valence electrons. The minimum Gasteiger partial charge on any atom is -0.394 e. The molecule has 4 nitrogen and oxygen atoms in total. The van der Waals surface area contributed by atoms with Crippen LogP contribution < -0.4 is 5.32 Å². The number of aromatic nitrogens is 1. The summed E-state index contributed by atoms with van der Waals surface area (Å²) in [5, 5.41) is 12.8. The Morgan fingerprint density at radius 3 is 2.95 bits per heavy atom. The molecule has 1 aliphatic carbocycles. The second-order valence-corrected chi connectivity index (χ2v) is 6.66. The van der Waals surface area contributed by atoms with Gasteiger partial charge in [0.05, 0.1) is 12.1 Å². The molecule has 1 heterocycles. The SMILES string of the molecule is CC1CCCC(CO)(NC(=O)c2cc(Br)cn2C)C1. The van der Waals surface area contributed by atoms with Crippen LogP contribution >= 0.6 is 15.9 Å². The van der Waals surface area contributed by atoms with Gasteiger partial charge in [-0.05, 0) is 40.8 Å². The Morgan fingerprint density at radius 2 is 2.42 bits per heavy atom. The van der Waals surface area contributed by atoms with Crippen LogP contribution in [0.2, 0.25) is 0 Å². The van der Waals surface area contributed by atoms with Gasteiger partial charge in [0.2, 0.25) is 0 Å². The lowest BCUT2D eigenvalue weighted by Gasteiger charge is -2.39. The maximum Gasteiger partial charge on any atom is 0.268 e. The highest BCUT2D eigenvalue weighted by Gasteiger charge is 2.36. The average Bonchev–Trinajstić information content (AvgIpc) is 2.68. The summed E-state index contributed by atoms with van der Waals surface area (Å²) < 4.78 is 2.67. The molecular formula is C14H21BrN2O2. The van der Waals surface area contributed by atoms with E-state index in [-0.39, 0.29) is 12.5 Å². The minimum absolute atomic E-state index is 0.00860. The van der Waals surface area contributed by atoms with E-state index in [1.807, 2.05) is 13.2 Å². The smallest absolute Gasteiger partial charge is 0.268 e. The van der Waals surface area contributed by atoms with Crippen LogP contribution in [0.1, 0.15) is 43.1 Å². The van der Waals surface area contributed by atoms with E-state index in [9.17, 15) is 9.90 Å². The van der Waals surface area contributed by atoms with Gasteiger partial charge in [-0.3, -0.25) is 4.79 Å². The van der Waals surface area contributed by atoms with Gasteiger partial charge in [-0.1, -0.05) is 19.8 Å². The molecule has 2 unspecified atom stereocenters. The topological polar surface area (TPSA) is 54.3 Å². The fourth-order valence-corrected chi connectivity index (χ4v) is 3.54. The van der Waals surface area contributed by atoms with Crippen molar-refractivity contribution in [2.45, 2.75) is 38.1 Å². The predicted molar refractivity (Wildman–Crippen MR) is 78.0 cm³/mol. The van der Waals surface area contributed by atoms with Gasteiger partial charge in [-0.25, -0.2) is 0 Å². The molecule has 2 atom stereocenters. The first-order chi connectivity index (χ1) is 8.96. The van der Waals surface area contributed by atoms with Gasteiger partial charge in [0.25, 0.3) is 5.91 Å². The predicted octanol–water partition coefficient (Wildman–Crippen LogP) is 2.46. The van der Waals surface area contributed by atoms with Crippen molar-refractivity contribution in [1.82, 2.24) is 9.88 Å². The normalized spacial score (nSPS) is 27.3. The molecule has 0 aromatic carbocycles. The van der Waals surface area contributed by atoms with Gasteiger partial charge in [-0.15, -0.1) is 0 Å². The Morgan fingerprint density at radius 1 is 1.68 bits per heavy atom. The van der Waals surface area contributed by atoms with Gasteiger partial charge in [-0.2, -0.15) is 0 Å². The Hall–Kier alpha value is -0.810. The van der Waals surface area contributed by atoms with Gasteiger partial charge >= 0.3 is 0 Å². The zero-order valence-electron chi connectivity index (χ0n) is 11.4. The number of carbonyl (C=O) groups is 1. The summed E-state index contributed by atoms with van der Waals surface area (Å²) in [7, 11) is 1.84. The number of rotatable bonds is 3. The van der Waals surface area contributed by atoms with Crippen molar-refractivity contribution in [3.8, 4) is 0 Å². The second-order valence-electron chi connectivity index (χ2n) is 5.75. The quantitative estimate of drug-likeness (QED) is 0.895. The molecule has 19 heavy (non-hydrogen) atoms. The third-order valence-corrected chi connectivity index (χ3v) is 4.41. The van der Waals surface area contributed by atoms with Crippen molar-refractivity contribution >= 4 is 21.8 Å². The Bertz CT molecular complexity index is 472. The number of hydrogen-bond acceptors (Lipinski definition) is 2. The second kappa shape index (κ2) is 5.67. The van der Waals surface area contributed by atoms with E-state index >= 15 is 0 Å². The van der Waals surface area contributed by atoms with Crippen LogP contribution in [0.3, 0.4) is 0 Å². The van der Waals surface area contributed by atoms with Crippen molar-refractivity contribution in [3.05, 3.63) is 22.4 Å². The van der Waals surface area contributed by atoms with Crippen LogP contribution in [0, 0.1) is 5.92 Å². The monoisotopic (exact) mass is 328 g/mol. The van der Waals surface area contributed by atoms with Gasteiger partial charge < -0.3 is 15.0 Å². The molecule has 5 heteroatoms. The van der Waals surface area contributed by atoms with Crippen molar-refractivity contribution in [3.63, 3.8) is 0 Å². The molecular weight excluding hydrogens is 308 g/mol. The molecule has 0 saturated heterocycles. The van der Waals surface area contributed by atoms with Crippen molar-refractivity contribution in [1.29, 1.82) is 0 Å². The summed E-state index contributed by atoms with van der Waals surface area (Å²) >= 11 is 3.37. The first-order valence-corrected chi connectivity index (χ1v) is 7.50. The van der Waals surface area contributed by atoms with Crippen LogP contribution in [0.4, 0.5) is 0 Å². The fourth-order valence-electron chi connectivity index (χ4n) is 3.01. The molecule has 0 aliphatic heterocycles. The van der Waals surface area contributed by atoms with Crippen molar-refractivity contribution in [2.24, 2.45) is 13.0 Å². The molecule has 1 aliphatic rings. The molecule has 0 bridgehead atoms. The summed E-state index contributed by atoms with van der Waals surface area (Å²) in [4.78, 5) is 12.4. The van der Waals surface area contributed by atoms with Crippen LogP contribution in [-0.2, 0) is 7.05 Å². The molecule has 1 saturated carbocycles. The third kappa shape index (κ3) is 3.20. The standard InChI is InChI=1S/C14H21BrN2O2/c1-10-4-3-5-14(7-10,9-18)16-13(19)12-6-11(15)8-17(12)2/h6,8,10,18H,3-5,7,9H2,1-2H3,(H,16,19). The van der Waals surface area contributed by atoms with E-state index < -0.39 is 5.54 Å². The molecule has 0 spiro atoms. The van der Waals surface area contributed by atoms with Crippen LogP contribution in [0.25, 0.3) is 0 Å². The van der Waals surface area contributed by atoms with E-state index in [2.05, 4.69) is 28.2 Å². The maximum atomic E-state index is 12.4. The average molecular weight is 329 g/mol. The van der Waals surface area contributed by atoms with Gasteiger partial charge in [0, 0.05) is 17.7 Å². The van der Waals surface area contributed by atoms with Crippen molar-refractivity contribution in [2.75, 3.05) is 6.61 Å². The summed E-state index contributed by atoms with van der Waals surface area (Å²) in [5.41, 5.74) is 0.156. The number of aryl methyl sites for hydroxylation is 1. The minimum atomic E-state index is -0.453. The van der Waals surface area contributed by atoms with Crippen LogP contribution in [-0.4, -0.2) is 27.7 Å². The van der Waals surface area contributed by atoms with E-state index in [1.54, 1.807) is 10.6 Å². The van der Waals surface area contributed by atoms with E-state index in [0.717, 1.165) is 23.7 Å². The lowest BCUT2D eigenvalue weighted by atomic mass is 9.77. The van der Waals surface area contributed by atoms with E-state index in [0.29, 0.717) is 11.6 Å². The molecule has 1 amide bonds. The third-order valence-electron chi connectivity index (χ3n) is 3.98. The van der Waals surface area contributed by atoms with E-state index in [1.165, 1.54) is 6.42 Å². The summed E-state index contributed by atoms with van der Waals surface area (Å²) in [5.74, 6) is 0.428. The number of halogens is 1. The highest BCUT2D eigenvalue weighted by molar-refractivity contribution is 9.10. The molecule has 1 aromatic rings. The molecule has 1 aromatic heterocycles. The zero-order chi connectivity index (χ0) is 14.0. The Balaban J connectivity index is 2.14. The Kier molecular flexibility index (Phi) is 4.36. The fraction of sp³-hybridized carbons (Fsp3) is 0.643. The number of hydrogen-bond donors (Lipinski definition) is 2. The largest absolute Gasteiger partial charge is 0.394 e. The number of aliphatic hydroxyl groups is 1.